The van der Waals surface area contributed by atoms with E-state index in [4.69, 9.17) is 5.11 Å². The average molecular weight is 197 g/mol. The molecule has 1 spiro atoms. The maximum atomic E-state index is 11.1. The molecular formula is C10H15NO3. The molecule has 4 heteroatoms. The highest BCUT2D eigenvalue weighted by atomic mass is 16.4. The second-order valence-electron chi connectivity index (χ2n) is 4.85. The van der Waals surface area contributed by atoms with E-state index in [2.05, 4.69) is 5.32 Å². The molecule has 0 radical (unpaired) electrons. The molecule has 0 heterocycles. The van der Waals surface area contributed by atoms with Gasteiger partial charge in [0.05, 0.1) is 5.41 Å². The highest BCUT2D eigenvalue weighted by Crippen LogP contribution is 2.68. The van der Waals surface area contributed by atoms with E-state index in [-0.39, 0.29) is 5.91 Å². The molecule has 14 heavy (non-hydrogen) atoms. The molecule has 0 aromatic heterocycles. The lowest BCUT2D eigenvalue weighted by Crippen LogP contribution is -2.52. The summed E-state index contributed by atoms with van der Waals surface area (Å²) in [5.74, 6) is -0.911. The van der Waals surface area contributed by atoms with Gasteiger partial charge in [-0.25, -0.2) is 0 Å². The lowest BCUT2D eigenvalue weighted by atomic mass is 9.59. The summed E-state index contributed by atoms with van der Waals surface area (Å²) in [6.45, 7) is 1.71. The minimum atomic E-state index is -0.760. The minimum absolute atomic E-state index is 0.151. The Kier molecular flexibility index (Phi) is 1.84. The predicted molar refractivity (Wildman–Crippen MR) is 49.7 cm³/mol. The summed E-state index contributed by atoms with van der Waals surface area (Å²) >= 11 is 0. The van der Waals surface area contributed by atoms with Gasteiger partial charge < -0.3 is 10.4 Å². The lowest BCUT2D eigenvalue weighted by molar-refractivity contribution is -0.159. The highest BCUT2D eigenvalue weighted by molar-refractivity contribution is 5.79. The first-order chi connectivity index (χ1) is 6.48. The van der Waals surface area contributed by atoms with Crippen molar-refractivity contribution < 1.29 is 14.7 Å². The summed E-state index contributed by atoms with van der Waals surface area (Å²) in [7, 11) is 0. The Labute approximate surface area is 82.7 Å². The van der Waals surface area contributed by atoms with Crippen molar-refractivity contribution in [2.24, 2.45) is 10.8 Å². The first kappa shape index (κ1) is 9.49. The van der Waals surface area contributed by atoms with E-state index >= 15 is 0 Å². The van der Waals surface area contributed by atoms with E-state index in [9.17, 15) is 9.59 Å². The van der Waals surface area contributed by atoms with E-state index in [1.807, 2.05) is 0 Å². The van der Waals surface area contributed by atoms with E-state index in [1.165, 1.54) is 19.8 Å². The molecule has 2 rings (SSSR count). The molecule has 0 atom stereocenters. The van der Waals surface area contributed by atoms with Gasteiger partial charge in [-0.1, -0.05) is 0 Å². The molecule has 0 aromatic rings. The fourth-order valence-corrected chi connectivity index (χ4v) is 2.56. The molecule has 0 aliphatic heterocycles. The minimum Gasteiger partial charge on any atom is -0.481 e. The van der Waals surface area contributed by atoms with Gasteiger partial charge in [0.2, 0.25) is 5.91 Å². The van der Waals surface area contributed by atoms with Crippen molar-refractivity contribution in [3.05, 3.63) is 0 Å². The standard InChI is InChI=1S/C10H15NO3/c1-7(12)11-6-10(8(13)14)4-9(5-10)2-3-9/h2-6H2,1H3,(H,11,12)(H,13,14). The molecule has 2 fully saturated rings. The quantitative estimate of drug-likeness (QED) is 0.702. The number of hydrogen-bond acceptors (Lipinski definition) is 2. The number of carbonyl (C=O) groups is 2. The molecule has 2 saturated carbocycles. The fourth-order valence-electron chi connectivity index (χ4n) is 2.56. The van der Waals surface area contributed by atoms with Gasteiger partial charge in [-0.05, 0) is 31.1 Å². The van der Waals surface area contributed by atoms with Crippen LogP contribution >= 0.6 is 0 Å². The SMILES string of the molecule is CC(=O)NCC1(C(=O)O)CC2(CC2)C1. The second-order valence-corrected chi connectivity index (χ2v) is 4.85. The third-order valence-corrected chi connectivity index (χ3v) is 3.51. The van der Waals surface area contributed by atoms with Gasteiger partial charge in [0.15, 0.2) is 0 Å². The number of carboxylic acids is 1. The van der Waals surface area contributed by atoms with Crippen molar-refractivity contribution in [1.82, 2.24) is 5.32 Å². The normalized spacial score (nSPS) is 25.2. The van der Waals surface area contributed by atoms with Crippen molar-refractivity contribution in [3.8, 4) is 0 Å². The summed E-state index contributed by atoms with van der Waals surface area (Å²) in [4.78, 5) is 21.8. The lowest BCUT2D eigenvalue weighted by Gasteiger charge is -2.45. The van der Waals surface area contributed by atoms with Gasteiger partial charge in [-0.2, -0.15) is 0 Å². The van der Waals surface area contributed by atoms with Crippen LogP contribution in [0.4, 0.5) is 0 Å². The zero-order valence-corrected chi connectivity index (χ0v) is 8.30. The zero-order chi connectivity index (χ0) is 10.4. The maximum absolute atomic E-state index is 11.1. The number of hydrogen-bond donors (Lipinski definition) is 2. The van der Waals surface area contributed by atoms with Crippen LogP contribution in [0.3, 0.4) is 0 Å². The van der Waals surface area contributed by atoms with Crippen LogP contribution in [0.2, 0.25) is 0 Å². The van der Waals surface area contributed by atoms with Gasteiger partial charge in [0.25, 0.3) is 0 Å². The second kappa shape index (κ2) is 2.72. The molecule has 78 valence electrons. The van der Waals surface area contributed by atoms with Crippen molar-refractivity contribution in [2.45, 2.75) is 32.6 Å². The van der Waals surface area contributed by atoms with Crippen LogP contribution < -0.4 is 5.32 Å². The first-order valence-electron chi connectivity index (χ1n) is 4.96. The first-order valence-corrected chi connectivity index (χ1v) is 4.96. The van der Waals surface area contributed by atoms with E-state index < -0.39 is 11.4 Å². The molecule has 2 N–H and O–H groups in total. The zero-order valence-electron chi connectivity index (χ0n) is 8.30. The van der Waals surface area contributed by atoms with Crippen molar-refractivity contribution in [1.29, 1.82) is 0 Å². The fraction of sp³-hybridized carbons (Fsp3) is 0.800. The molecule has 2 aliphatic carbocycles. The highest BCUT2D eigenvalue weighted by Gasteiger charge is 2.64. The molecule has 2 aliphatic rings. The van der Waals surface area contributed by atoms with Gasteiger partial charge >= 0.3 is 5.97 Å². The Morgan fingerprint density at radius 2 is 1.93 bits per heavy atom. The molecule has 0 bridgehead atoms. The Hall–Kier alpha value is -1.06. The largest absolute Gasteiger partial charge is 0.481 e. The van der Waals surface area contributed by atoms with Crippen molar-refractivity contribution in [2.75, 3.05) is 6.54 Å². The summed E-state index contributed by atoms with van der Waals surface area (Å²) in [5.41, 5.74) is -0.320. The Morgan fingerprint density at radius 1 is 1.36 bits per heavy atom. The van der Waals surface area contributed by atoms with Crippen LogP contribution in [0.15, 0.2) is 0 Å². The van der Waals surface area contributed by atoms with E-state index in [0.29, 0.717) is 12.0 Å². The monoisotopic (exact) mass is 197 g/mol. The Morgan fingerprint density at radius 3 is 2.29 bits per heavy atom. The summed E-state index contributed by atoms with van der Waals surface area (Å²) in [6.07, 6.45) is 3.83. The number of rotatable bonds is 3. The van der Waals surface area contributed by atoms with E-state index in [1.54, 1.807) is 0 Å². The maximum Gasteiger partial charge on any atom is 0.311 e. The Bertz CT molecular complexity index is 286. The smallest absolute Gasteiger partial charge is 0.311 e. The number of nitrogens with one attached hydrogen (secondary N) is 1. The number of aliphatic carboxylic acids is 1. The molecule has 1 amide bonds. The third-order valence-electron chi connectivity index (χ3n) is 3.51. The van der Waals surface area contributed by atoms with Gasteiger partial charge in [-0.3, -0.25) is 9.59 Å². The molecule has 0 aromatic carbocycles. The van der Waals surface area contributed by atoms with Gasteiger partial charge in [0, 0.05) is 13.5 Å². The van der Waals surface area contributed by atoms with Crippen molar-refractivity contribution >= 4 is 11.9 Å². The third kappa shape index (κ3) is 1.38. The van der Waals surface area contributed by atoms with Crippen LogP contribution in [-0.2, 0) is 9.59 Å². The Balaban J connectivity index is 1.95. The number of carbonyl (C=O) groups excluding carboxylic acids is 1. The molecule has 0 saturated heterocycles. The van der Waals surface area contributed by atoms with Crippen LogP contribution in [0.1, 0.15) is 32.6 Å². The average Bonchev–Trinajstić information content (AvgIpc) is 2.76. The molecule has 4 nitrogen and oxygen atoms in total. The topological polar surface area (TPSA) is 66.4 Å². The van der Waals surface area contributed by atoms with Crippen LogP contribution in [0, 0.1) is 10.8 Å². The number of carboxylic acid groups (broad SMARTS) is 1. The van der Waals surface area contributed by atoms with Gasteiger partial charge in [-0.15, -0.1) is 0 Å². The number of amides is 1. The van der Waals surface area contributed by atoms with Crippen LogP contribution in [0.25, 0.3) is 0 Å². The van der Waals surface area contributed by atoms with Crippen LogP contribution in [-0.4, -0.2) is 23.5 Å². The summed E-state index contributed by atoms with van der Waals surface area (Å²) < 4.78 is 0. The van der Waals surface area contributed by atoms with E-state index in [0.717, 1.165) is 12.8 Å². The summed E-state index contributed by atoms with van der Waals surface area (Å²) in [5, 5.41) is 11.7. The van der Waals surface area contributed by atoms with Gasteiger partial charge in [0.1, 0.15) is 0 Å². The molecular weight excluding hydrogens is 182 g/mol. The van der Waals surface area contributed by atoms with Crippen LogP contribution in [0.5, 0.6) is 0 Å². The molecule has 0 unspecified atom stereocenters. The summed E-state index contributed by atoms with van der Waals surface area (Å²) in [6, 6.07) is 0. The predicted octanol–water partition coefficient (Wildman–Crippen LogP) is 0.767. The van der Waals surface area contributed by atoms with Crippen molar-refractivity contribution in [3.63, 3.8) is 0 Å².